The summed E-state index contributed by atoms with van der Waals surface area (Å²) in [6.45, 7) is 0. The van der Waals surface area contributed by atoms with Gasteiger partial charge < -0.3 is 13.5 Å². The van der Waals surface area contributed by atoms with Gasteiger partial charge in [0, 0.05) is 43.1 Å². The summed E-state index contributed by atoms with van der Waals surface area (Å²) in [5.74, 6) is 0. The monoisotopic (exact) mass is 607 g/mol. The molecule has 0 radical (unpaired) electrons. The highest BCUT2D eigenvalue weighted by Crippen LogP contribution is 2.55. The van der Waals surface area contributed by atoms with Crippen molar-refractivity contribution >= 4 is 66.8 Å². The van der Waals surface area contributed by atoms with E-state index in [1.54, 1.807) is 0 Å². The average Bonchev–Trinajstić information content (AvgIpc) is 3.75. The molecule has 1 aliphatic heterocycles. The van der Waals surface area contributed by atoms with Gasteiger partial charge in [-0.1, -0.05) is 115 Å². The smallest absolute Gasteiger partial charge is 0.172 e. The maximum absolute atomic E-state index is 15.6. The van der Waals surface area contributed by atoms with Crippen LogP contribution in [0.5, 0.6) is 0 Å². The number of benzene rings is 7. The fourth-order valence-electron chi connectivity index (χ4n) is 7.58. The fourth-order valence-corrected chi connectivity index (χ4v) is 10.9. The minimum atomic E-state index is -3.13. The number of hydrogen-bond donors (Lipinski definition) is 0. The van der Waals surface area contributed by atoms with Crippen molar-refractivity contribution in [2.45, 2.75) is 0 Å². The van der Waals surface area contributed by atoms with Crippen molar-refractivity contribution in [3.05, 3.63) is 158 Å². The number of hydrogen-bond acceptors (Lipinski definition) is 2. The Labute approximate surface area is 265 Å². The fraction of sp³-hybridized carbons (Fsp3) is 0. The summed E-state index contributed by atoms with van der Waals surface area (Å²) in [6.07, 6.45) is 0. The molecule has 0 N–H and O–H groups in total. The highest BCUT2D eigenvalue weighted by Gasteiger charge is 2.42. The van der Waals surface area contributed by atoms with E-state index in [1.165, 1.54) is 0 Å². The number of aromatic nitrogens is 1. The van der Waals surface area contributed by atoms with E-state index in [1.807, 2.05) is 54.6 Å². The van der Waals surface area contributed by atoms with Crippen LogP contribution in [0, 0.1) is 0 Å². The van der Waals surface area contributed by atoms with Crippen LogP contribution in [0.15, 0.2) is 162 Å². The summed E-state index contributed by atoms with van der Waals surface area (Å²) in [5.41, 5.74) is 9.44. The van der Waals surface area contributed by atoms with Gasteiger partial charge in [0.15, 0.2) is 7.14 Å². The average molecular weight is 608 g/mol. The van der Waals surface area contributed by atoms with E-state index in [-0.39, 0.29) is 0 Å². The lowest BCUT2D eigenvalue weighted by Crippen LogP contribution is -2.21. The van der Waals surface area contributed by atoms with Gasteiger partial charge >= 0.3 is 0 Å². The molecule has 1 atom stereocenters. The van der Waals surface area contributed by atoms with E-state index >= 15 is 4.57 Å². The molecule has 46 heavy (non-hydrogen) atoms. The molecule has 7 aromatic carbocycles. The lowest BCUT2D eigenvalue weighted by Gasteiger charge is -2.17. The van der Waals surface area contributed by atoms with E-state index in [2.05, 4.69) is 108 Å². The quantitative estimate of drug-likeness (QED) is 0.187. The molecule has 0 saturated carbocycles. The van der Waals surface area contributed by atoms with Crippen molar-refractivity contribution in [3.63, 3.8) is 0 Å². The summed E-state index contributed by atoms with van der Waals surface area (Å²) in [7, 11) is -3.13. The zero-order chi connectivity index (χ0) is 30.4. The predicted molar refractivity (Wildman–Crippen MR) is 192 cm³/mol. The molecule has 0 spiro atoms. The Morgan fingerprint density at radius 3 is 2.07 bits per heavy atom. The van der Waals surface area contributed by atoms with Crippen LogP contribution in [0.3, 0.4) is 0 Å². The zero-order valence-electron chi connectivity index (χ0n) is 24.7. The van der Waals surface area contributed by atoms with Gasteiger partial charge in [-0.2, -0.15) is 0 Å². The first-order chi connectivity index (χ1) is 22.7. The summed E-state index contributed by atoms with van der Waals surface area (Å²) in [5, 5.41) is 7.17. The molecule has 3 nitrogen and oxygen atoms in total. The molecular formula is C42H26NO2P. The van der Waals surface area contributed by atoms with Gasteiger partial charge in [-0.15, -0.1) is 0 Å². The van der Waals surface area contributed by atoms with Gasteiger partial charge in [0.05, 0.1) is 11.0 Å². The molecule has 0 aliphatic carbocycles. The highest BCUT2D eigenvalue weighted by molar-refractivity contribution is 7.86. The summed E-state index contributed by atoms with van der Waals surface area (Å²) in [6, 6.07) is 54.5. The van der Waals surface area contributed by atoms with Crippen LogP contribution >= 0.6 is 7.14 Å². The standard InChI is InChI=1S/C42H26NO2P/c44-46(30-10-2-1-3-11-30)40-17-9-6-13-32(40)33-23-24-37-41(42(33)46)34-14-4-7-15-36(34)43(37)29-21-18-27(19-22-29)28-20-25-39-35(26-28)31-12-5-8-16-38(31)45-39/h1-26H. The molecule has 216 valence electrons. The van der Waals surface area contributed by atoms with Crippen LogP contribution in [0.4, 0.5) is 0 Å². The van der Waals surface area contributed by atoms with Crippen LogP contribution in [0.25, 0.3) is 71.7 Å². The Bertz CT molecular complexity index is 2720. The van der Waals surface area contributed by atoms with Gasteiger partial charge in [0.25, 0.3) is 0 Å². The molecule has 1 aliphatic rings. The van der Waals surface area contributed by atoms with Crippen molar-refractivity contribution in [2.24, 2.45) is 0 Å². The molecule has 1 unspecified atom stereocenters. The topological polar surface area (TPSA) is 35.1 Å². The summed E-state index contributed by atoms with van der Waals surface area (Å²) >= 11 is 0. The molecule has 0 bridgehead atoms. The Kier molecular flexibility index (Phi) is 5.27. The van der Waals surface area contributed by atoms with E-state index in [0.717, 1.165) is 87.6 Å². The molecular weight excluding hydrogens is 581 g/mol. The molecule has 4 heteroatoms. The minimum absolute atomic E-state index is 0.872. The molecule has 0 fully saturated rings. The normalized spacial score (nSPS) is 15.6. The van der Waals surface area contributed by atoms with E-state index in [9.17, 15) is 0 Å². The Hall–Kier alpha value is -5.63. The molecule has 0 saturated heterocycles. The predicted octanol–water partition coefficient (Wildman–Crippen LogP) is 9.97. The largest absolute Gasteiger partial charge is 0.456 e. The number of furan rings is 1. The van der Waals surface area contributed by atoms with Gasteiger partial charge in [0.2, 0.25) is 0 Å². The van der Waals surface area contributed by atoms with Crippen molar-refractivity contribution in [3.8, 4) is 27.9 Å². The molecule has 10 rings (SSSR count). The van der Waals surface area contributed by atoms with E-state index in [4.69, 9.17) is 4.42 Å². The van der Waals surface area contributed by atoms with Crippen molar-refractivity contribution in [1.82, 2.24) is 4.57 Å². The van der Waals surface area contributed by atoms with Crippen molar-refractivity contribution < 1.29 is 8.98 Å². The third-order valence-electron chi connectivity index (χ3n) is 9.61. The second-order valence-corrected chi connectivity index (χ2v) is 14.7. The maximum atomic E-state index is 15.6. The first kappa shape index (κ1) is 25.7. The number of rotatable bonds is 3. The van der Waals surface area contributed by atoms with Gasteiger partial charge in [-0.25, -0.2) is 0 Å². The molecule has 9 aromatic rings. The van der Waals surface area contributed by atoms with Gasteiger partial charge in [-0.3, -0.25) is 0 Å². The lowest BCUT2D eigenvalue weighted by atomic mass is 10.0. The SMILES string of the molecule is O=P1(c2ccccc2)c2ccccc2-c2ccc3c(c21)c1ccccc1n3-c1ccc(-c2ccc3oc4ccccc4c3c2)cc1. The maximum Gasteiger partial charge on any atom is 0.172 e. The highest BCUT2D eigenvalue weighted by atomic mass is 31.2. The van der Waals surface area contributed by atoms with Gasteiger partial charge in [-0.05, 0) is 64.7 Å². The Balaban J connectivity index is 1.19. The zero-order valence-corrected chi connectivity index (χ0v) is 25.6. The van der Waals surface area contributed by atoms with Crippen LogP contribution < -0.4 is 15.9 Å². The first-order valence-corrected chi connectivity index (χ1v) is 17.3. The van der Waals surface area contributed by atoms with Gasteiger partial charge in [0.1, 0.15) is 11.2 Å². The lowest BCUT2D eigenvalue weighted by molar-refractivity contribution is 0.593. The second-order valence-electron chi connectivity index (χ2n) is 12.0. The summed E-state index contributed by atoms with van der Waals surface area (Å²) in [4.78, 5) is 0. The van der Waals surface area contributed by atoms with E-state index < -0.39 is 7.14 Å². The van der Waals surface area contributed by atoms with Crippen LogP contribution in [-0.2, 0) is 4.57 Å². The van der Waals surface area contributed by atoms with Crippen LogP contribution in [-0.4, -0.2) is 4.57 Å². The van der Waals surface area contributed by atoms with Crippen molar-refractivity contribution in [1.29, 1.82) is 0 Å². The van der Waals surface area contributed by atoms with E-state index in [0.29, 0.717) is 0 Å². The first-order valence-electron chi connectivity index (χ1n) is 15.5. The third kappa shape index (κ3) is 3.41. The summed E-state index contributed by atoms with van der Waals surface area (Å²) < 4.78 is 24.0. The Morgan fingerprint density at radius 2 is 1.20 bits per heavy atom. The van der Waals surface area contributed by atoms with Crippen LogP contribution in [0.2, 0.25) is 0 Å². The number of nitrogens with zero attached hydrogens (tertiary/aromatic N) is 1. The number of para-hydroxylation sites is 2. The molecule has 2 aromatic heterocycles. The third-order valence-corrected chi connectivity index (χ3v) is 12.8. The second kappa shape index (κ2) is 9.44. The number of fused-ring (bicyclic) bond motifs is 10. The Morgan fingerprint density at radius 1 is 0.500 bits per heavy atom. The minimum Gasteiger partial charge on any atom is -0.456 e. The van der Waals surface area contributed by atoms with Crippen LogP contribution in [0.1, 0.15) is 0 Å². The van der Waals surface area contributed by atoms with Crippen molar-refractivity contribution in [2.75, 3.05) is 0 Å². The molecule has 0 amide bonds. The molecule has 3 heterocycles.